The summed E-state index contributed by atoms with van der Waals surface area (Å²) in [6.07, 6.45) is 3.35. The van der Waals surface area contributed by atoms with Gasteiger partial charge < -0.3 is 25.4 Å². The first-order chi connectivity index (χ1) is 28.1. The molecule has 296 valence electrons. The molecule has 13 heteroatoms. The van der Waals surface area contributed by atoms with Crippen LogP contribution < -0.4 is 36.2 Å². The molecule has 4 N–H and O–H groups in total. The van der Waals surface area contributed by atoms with E-state index in [4.69, 9.17) is 0 Å². The Morgan fingerprint density at radius 2 is 1.69 bits per heavy atom. The maximum absolute atomic E-state index is 15.4. The monoisotopic (exact) mass is 781 g/mol. The smallest absolute Gasteiger partial charge is 0.251 e. The van der Waals surface area contributed by atoms with Crippen molar-refractivity contribution in [1.29, 1.82) is 0 Å². The first-order valence-electron chi connectivity index (χ1n) is 19.7. The molecule has 2 atom stereocenters. The van der Waals surface area contributed by atoms with Crippen molar-refractivity contribution in [2.45, 2.75) is 50.5 Å². The van der Waals surface area contributed by atoms with Crippen LogP contribution in [0.4, 0.5) is 27.1 Å². The standard InChI is InChI=1S/C45H44FN7O5/c1-47-43(56)31-5-3-6-32(23-31)48-45(58)42-36-25-29(10-15-38(36)51(2)50-42)34-13-12-33(53-20-4-7-41(53)55)24-28(34)9-8-27-18-21-52(22-19-27)39-16-11-30(26-37(39)46)35-14-17-40(54)49-44(35)57/h3,5-6,10-13,15-16,23-27,35,42,50H,4,7,14,17-22H2,1-2H3,(H,47,56)(H,48,58)(H,49,54,57). The number of rotatable bonds is 7. The lowest BCUT2D eigenvalue weighted by molar-refractivity contribution is -0.134. The lowest BCUT2D eigenvalue weighted by Crippen LogP contribution is -2.39. The van der Waals surface area contributed by atoms with Gasteiger partial charge in [0, 0.05) is 80.6 Å². The first-order valence-corrected chi connectivity index (χ1v) is 19.7. The zero-order valence-corrected chi connectivity index (χ0v) is 32.4. The number of nitrogens with zero attached hydrogens (tertiary/aromatic N) is 3. The van der Waals surface area contributed by atoms with Gasteiger partial charge in [-0.25, -0.2) is 9.82 Å². The van der Waals surface area contributed by atoms with Crippen LogP contribution in [0.15, 0.2) is 78.9 Å². The zero-order valence-electron chi connectivity index (χ0n) is 32.4. The number of hydrazine groups is 1. The molecule has 0 aliphatic carbocycles. The Kier molecular flexibility index (Phi) is 10.7. The van der Waals surface area contributed by atoms with E-state index in [1.165, 1.54) is 6.07 Å². The second-order valence-corrected chi connectivity index (χ2v) is 15.2. The predicted molar refractivity (Wildman–Crippen MR) is 220 cm³/mol. The summed E-state index contributed by atoms with van der Waals surface area (Å²) in [6.45, 7) is 1.86. The molecule has 8 rings (SSSR count). The minimum absolute atomic E-state index is 0.0554. The van der Waals surface area contributed by atoms with Crippen LogP contribution in [0.1, 0.15) is 77.5 Å². The van der Waals surface area contributed by atoms with Crippen molar-refractivity contribution >= 4 is 52.3 Å². The molecule has 3 saturated heterocycles. The number of imide groups is 1. The number of fused-ring (bicyclic) bond motifs is 1. The van der Waals surface area contributed by atoms with E-state index in [9.17, 15) is 24.0 Å². The van der Waals surface area contributed by atoms with Crippen molar-refractivity contribution in [2.24, 2.45) is 5.92 Å². The van der Waals surface area contributed by atoms with Gasteiger partial charge in [0.2, 0.25) is 23.6 Å². The Hall–Kier alpha value is -6.52. The van der Waals surface area contributed by atoms with Crippen molar-refractivity contribution in [3.05, 3.63) is 107 Å². The van der Waals surface area contributed by atoms with Crippen LogP contribution in [-0.2, 0) is 19.2 Å². The molecular weight excluding hydrogens is 738 g/mol. The minimum atomic E-state index is -0.705. The summed E-state index contributed by atoms with van der Waals surface area (Å²) in [5, 5.41) is 9.72. The summed E-state index contributed by atoms with van der Waals surface area (Å²) in [5.41, 5.74) is 10.2. The summed E-state index contributed by atoms with van der Waals surface area (Å²) < 4.78 is 15.4. The second kappa shape index (κ2) is 16.1. The van der Waals surface area contributed by atoms with Gasteiger partial charge in [-0.05, 0) is 97.0 Å². The van der Waals surface area contributed by atoms with Gasteiger partial charge in [0.05, 0.1) is 17.3 Å². The van der Waals surface area contributed by atoms with Crippen LogP contribution in [0.3, 0.4) is 0 Å². The molecular formula is C45H44FN7O5. The fraction of sp³-hybridized carbons (Fsp3) is 0.311. The highest BCUT2D eigenvalue weighted by Crippen LogP contribution is 2.38. The largest absolute Gasteiger partial charge is 0.369 e. The van der Waals surface area contributed by atoms with E-state index in [0.717, 1.165) is 52.9 Å². The molecule has 4 aromatic rings. The van der Waals surface area contributed by atoms with Gasteiger partial charge in [-0.3, -0.25) is 29.3 Å². The number of amides is 5. The summed E-state index contributed by atoms with van der Waals surface area (Å²) in [5.74, 6) is 4.93. The molecule has 0 spiro atoms. The van der Waals surface area contributed by atoms with E-state index >= 15 is 4.39 Å². The average molecular weight is 782 g/mol. The van der Waals surface area contributed by atoms with E-state index in [2.05, 4.69) is 33.2 Å². The molecule has 0 aromatic heterocycles. The van der Waals surface area contributed by atoms with E-state index in [0.29, 0.717) is 55.0 Å². The van der Waals surface area contributed by atoms with Gasteiger partial charge in [0.15, 0.2) is 0 Å². The molecule has 3 fully saturated rings. The predicted octanol–water partition coefficient (Wildman–Crippen LogP) is 5.40. The number of benzene rings is 4. The third-order valence-electron chi connectivity index (χ3n) is 11.5. The van der Waals surface area contributed by atoms with Gasteiger partial charge in [-0.15, -0.1) is 0 Å². The van der Waals surface area contributed by atoms with E-state index in [1.807, 2.05) is 53.4 Å². The molecule has 4 aromatic carbocycles. The second-order valence-electron chi connectivity index (χ2n) is 15.2. The number of halogens is 1. The molecule has 4 aliphatic rings. The fourth-order valence-corrected chi connectivity index (χ4v) is 8.32. The Morgan fingerprint density at radius 1 is 0.879 bits per heavy atom. The number of anilines is 4. The third-order valence-corrected chi connectivity index (χ3v) is 11.5. The summed E-state index contributed by atoms with van der Waals surface area (Å²) in [6, 6.07) is 22.9. The number of nitrogens with one attached hydrogen (secondary N) is 4. The van der Waals surface area contributed by atoms with Gasteiger partial charge in [0.25, 0.3) is 5.91 Å². The highest BCUT2D eigenvalue weighted by molar-refractivity contribution is 6.02. The quantitative estimate of drug-likeness (QED) is 0.144. The van der Waals surface area contributed by atoms with Gasteiger partial charge >= 0.3 is 0 Å². The van der Waals surface area contributed by atoms with Crippen molar-refractivity contribution in [1.82, 2.24) is 16.1 Å². The number of hydrogen-bond acceptors (Lipinski definition) is 8. The van der Waals surface area contributed by atoms with Crippen LogP contribution in [-0.4, -0.2) is 63.3 Å². The summed E-state index contributed by atoms with van der Waals surface area (Å²) in [4.78, 5) is 66.4. The van der Waals surface area contributed by atoms with Crippen LogP contribution in [0.25, 0.3) is 11.1 Å². The summed E-state index contributed by atoms with van der Waals surface area (Å²) in [7, 11) is 3.41. The van der Waals surface area contributed by atoms with Crippen molar-refractivity contribution in [3.63, 3.8) is 0 Å². The van der Waals surface area contributed by atoms with Crippen LogP contribution in [0, 0.1) is 23.6 Å². The molecule has 0 bridgehead atoms. The molecule has 0 radical (unpaired) electrons. The van der Waals surface area contributed by atoms with E-state index in [1.54, 1.807) is 48.3 Å². The van der Waals surface area contributed by atoms with Gasteiger partial charge in [0.1, 0.15) is 11.9 Å². The Morgan fingerprint density at radius 3 is 2.43 bits per heavy atom. The van der Waals surface area contributed by atoms with E-state index in [-0.39, 0.29) is 41.9 Å². The average Bonchev–Trinajstić information content (AvgIpc) is 3.81. The van der Waals surface area contributed by atoms with Crippen molar-refractivity contribution < 1.29 is 28.4 Å². The number of piperidine rings is 2. The molecule has 4 heterocycles. The van der Waals surface area contributed by atoms with Crippen LogP contribution in [0.2, 0.25) is 0 Å². The number of carbonyl (C=O) groups is 5. The van der Waals surface area contributed by atoms with Crippen LogP contribution in [0.5, 0.6) is 0 Å². The Labute approximate surface area is 336 Å². The number of carbonyl (C=O) groups excluding carboxylic acids is 5. The topological polar surface area (TPSA) is 143 Å². The molecule has 12 nitrogen and oxygen atoms in total. The van der Waals surface area contributed by atoms with Gasteiger partial charge in [-0.1, -0.05) is 36.1 Å². The maximum atomic E-state index is 15.4. The third kappa shape index (κ3) is 7.75. The first kappa shape index (κ1) is 38.4. The molecule has 2 unspecified atom stereocenters. The molecule has 4 aliphatic heterocycles. The van der Waals surface area contributed by atoms with Crippen LogP contribution >= 0.6 is 0 Å². The molecule has 58 heavy (non-hydrogen) atoms. The maximum Gasteiger partial charge on any atom is 0.251 e. The fourth-order valence-electron chi connectivity index (χ4n) is 8.32. The molecule has 0 saturated carbocycles. The SMILES string of the molecule is CNC(=O)c1cccc(NC(=O)C2NN(C)c3ccc(-c4ccc(N5CCCC5=O)cc4C#CC4CCN(c5ccc(C6CCC(=O)NC6=O)cc5F)CC4)cc32)c1. The zero-order chi connectivity index (χ0) is 40.5. The highest BCUT2D eigenvalue weighted by atomic mass is 19.1. The minimum Gasteiger partial charge on any atom is -0.369 e. The van der Waals surface area contributed by atoms with E-state index < -0.39 is 17.8 Å². The lowest BCUT2D eigenvalue weighted by Gasteiger charge is -2.32. The lowest BCUT2D eigenvalue weighted by atomic mass is 9.90. The molecule has 5 amide bonds. The van der Waals surface area contributed by atoms with Crippen molar-refractivity contribution in [2.75, 3.05) is 53.9 Å². The Bertz CT molecular complexity index is 2400. The summed E-state index contributed by atoms with van der Waals surface area (Å²) >= 11 is 0. The van der Waals surface area contributed by atoms with Gasteiger partial charge in [-0.2, -0.15) is 0 Å². The normalized spacial score (nSPS) is 19.4. The Balaban J connectivity index is 1.02. The van der Waals surface area contributed by atoms with Crippen molar-refractivity contribution in [3.8, 4) is 23.0 Å². The highest BCUT2D eigenvalue weighted by Gasteiger charge is 2.33. The number of hydrogen-bond donors (Lipinski definition) is 4.